The van der Waals surface area contributed by atoms with Crippen molar-refractivity contribution in [1.29, 1.82) is 0 Å². The normalized spacial score (nSPS) is 13.5. The monoisotopic (exact) mass is 580 g/mol. The summed E-state index contributed by atoms with van der Waals surface area (Å²) in [4.78, 5) is 66.8. The van der Waals surface area contributed by atoms with E-state index in [-0.39, 0.29) is 13.2 Å². The molecule has 13 heteroatoms. The quantitative estimate of drug-likeness (QED) is 0.0363. The smallest absolute Gasteiger partial charge is 0.334 e. The number of urea groups is 1. The van der Waals surface area contributed by atoms with Crippen LogP contribution in [0.2, 0.25) is 0 Å². The summed E-state index contributed by atoms with van der Waals surface area (Å²) in [5.74, 6) is -1.97. The minimum atomic E-state index is -1.04. The van der Waals surface area contributed by atoms with Crippen molar-refractivity contribution >= 4 is 36.2 Å². The molecule has 1 aliphatic heterocycles. The van der Waals surface area contributed by atoms with Crippen LogP contribution in [0.3, 0.4) is 0 Å². The van der Waals surface area contributed by atoms with Crippen molar-refractivity contribution in [1.82, 2.24) is 15.1 Å². The molecule has 1 heterocycles. The second-order valence-electron chi connectivity index (χ2n) is 9.51. The maximum absolute atomic E-state index is 12.7. The maximum Gasteiger partial charge on any atom is 0.334 e. The van der Waals surface area contributed by atoms with E-state index < -0.39 is 49.3 Å². The van der Waals surface area contributed by atoms with Crippen molar-refractivity contribution in [3.63, 3.8) is 0 Å². The van der Waals surface area contributed by atoms with Crippen molar-refractivity contribution < 1.29 is 42.9 Å². The van der Waals surface area contributed by atoms with Crippen LogP contribution in [0.1, 0.15) is 71.6 Å². The number of rotatable bonds is 23. The number of amides is 4. The molecule has 1 saturated heterocycles. The molecule has 1 rings (SSSR count). The topological polar surface area (TPSA) is 153 Å². The molecule has 1 aliphatic rings. The lowest BCUT2D eigenvalue weighted by Gasteiger charge is -2.31. The average molecular weight is 581 g/mol. The highest BCUT2D eigenvalue weighted by molar-refractivity contribution is 6.15. The van der Waals surface area contributed by atoms with Crippen molar-refractivity contribution in [2.24, 2.45) is 4.99 Å². The number of unbranched alkanes of at least 4 members (excludes halogenated alkanes) is 6. The Labute approximate surface area is 241 Å². The van der Waals surface area contributed by atoms with Crippen LogP contribution in [0, 0.1) is 0 Å². The minimum absolute atomic E-state index is 0.131. The summed E-state index contributed by atoms with van der Waals surface area (Å²) in [6.07, 6.45) is 7.19. The van der Waals surface area contributed by atoms with Crippen LogP contribution in [-0.4, -0.2) is 92.1 Å². The first-order valence-corrected chi connectivity index (χ1v) is 13.9. The largest absolute Gasteiger partial charge is 0.484 e. The first-order chi connectivity index (χ1) is 19.6. The summed E-state index contributed by atoms with van der Waals surface area (Å²) in [7, 11) is 0. The van der Waals surface area contributed by atoms with Crippen molar-refractivity contribution in [2.75, 3.05) is 46.1 Å². The van der Waals surface area contributed by atoms with E-state index in [1.165, 1.54) is 6.40 Å². The summed E-state index contributed by atoms with van der Waals surface area (Å²) >= 11 is 0. The fourth-order valence-electron chi connectivity index (χ4n) is 3.50. The van der Waals surface area contributed by atoms with Gasteiger partial charge >= 0.3 is 18.0 Å². The van der Waals surface area contributed by atoms with Crippen molar-refractivity contribution in [2.45, 2.75) is 71.6 Å². The molecule has 4 amide bonds. The second kappa shape index (κ2) is 21.1. The summed E-state index contributed by atoms with van der Waals surface area (Å²) in [6, 6.07) is -1.04. The number of nitrogens with one attached hydrogen (secondary N) is 1. The van der Waals surface area contributed by atoms with Crippen LogP contribution < -0.4 is 5.32 Å². The number of carbonyl (C=O) groups is 5. The number of imide groups is 2. The molecule has 0 saturated carbocycles. The van der Waals surface area contributed by atoms with E-state index in [1.54, 1.807) is 13.8 Å². The zero-order valence-corrected chi connectivity index (χ0v) is 24.3. The molecule has 41 heavy (non-hydrogen) atoms. The van der Waals surface area contributed by atoms with Gasteiger partial charge in [-0.3, -0.25) is 39.3 Å². The lowest BCUT2D eigenvalue weighted by Crippen LogP contribution is -2.57. The van der Waals surface area contributed by atoms with Gasteiger partial charge in [0.15, 0.2) is 6.40 Å². The Morgan fingerprint density at radius 1 is 0.805 bits per heavy atom. The number of barbiturate groups is 1. The number of hydrogen-bond donors (Lipinski definition) is 1. The molecule has 0 atom stereocenters. The van der Waals surface area contributed by atoms with E-state index in [1.807, 2.05) is 0 Å². The average Bonchev–Trinajstić information content (AvgIpc) is 2.90. The van der Waals surface area contributed by atoms with Crippen LogP contribution >= 0.6 is 0 Å². The number of aliphatic imine (C=N–C) groups is 1. The molecule has 0 aliphatic carbocycles. The van der Waals surface area contributed by atoms with Gasteiger partial charge in [-0.05, 0) is 52.5 Å². The summed E-state index contributed by atoms with van der Waals surface area (Å²) < 4.78 is 20.5. The molecule has 230 valence electrons. The summed E-state index contributed by atoms with van der Waals surface area (Å²) in [6.45, 7) is 11.6. The van der Waals surface area contributed by atoms with E-state index in [0.29, 0.717) is 47.4 Å². The molecule has 0 radical (unpaired) electrons. The van der Waals surface area contributed by atoms with Gasteiger partial charge < -0.3 is 18.9 Å². The minimum Gasteiger partial charge on any atom is -0.484 e. The molecule has 0 aromatic heterocycles. The lowest BCUT2D eigenvalue weighted by molar-refractivity contribution is -0.155. The zero-order chi connectivity index (χ0) is 30.5. The van der Waals surface area contributed by atoms with Crippen LogP contribution in [-0.2, 0) is 38.1 Å². The van der Waals surface area contributed by atoms with Gasteiger partial charge in [-0.15, -0.1) is 0 Å². The predicted octanol–water partition coefficient (Wildman–Crippen LogP) is 3.05. The SMILES string of the molecule is C=C(C)O/C=N/CCCCCCOC(=O)CN1C(=O)CC(=O)N(CC(=O)OCCCCCCNCOC(=C)C)C1=O. The molecule has 0 bridgehead atoms. The second-order valence-corrected chi connectivity index (χ2v) is 9.51. The first-order valence-electron chi connectivity index (χ1n) is 13.9. The highest BCUT2D eigenvalue weighted by Crippen LogP contribution is 2.13. The van der Waals surface area contributed by atoms with Crippen LogP contribution in [0.4, 0.5) is 4.79 Å². The molecule has 0 spiro atoms. The molecule has 0 unspecified atom stereocenters. The van der Waals surface area contributed by atoms with E-state index in [9.17, 15) is 24.0 Å². The molecule has 0 aromatic rings. The molecule has 1 N–H and O–H groups in total. The summed E-state index contributed by atoms with van der Waals surface area (Å²) in [5.41, 5.74) is 0. The van der Waals surface area contributed by atoms with Gasteiger partial charge in [0, 0.05) is 6.54 Å². The van der Waals surface area contributed by atoms with Gasteiger partial charge in [-0.2, -0.15) is 0 Å². The standard InChI is InChI=1S/C28H44N4O9/c1-22(2)40-20-29-13-9-5-7-11-15-38-26(35)18-31-24(33)17-25(34)32(28(31)37)19-27(36)39-16-12-8-6-10-14-30-21-41-23(3)4/h20,30H,1,3,5-19,21H2,2,4H3/b29-20+. The Bertz CT molecular complexity index is 936. The third kappa shape index (κ3) is 16.8. The fraction of sp³-hybridized carbons (Fsp3) is 0.643. The van der Waals surface area contributed by atoms with Crippen molar-refractivity contribution in [3.05, 3.63) is 24.7 Å². The van der Waals surface area contributed by atoms with Gasteiger partial charge in [0.25, 0.3) is 0 Å². The van der Waals surface area contributed by atoms with Gasteiger partial charge in [-0.25, -0.2) is 4.79 Å². The molecule has 0 aromatic carbocycles. The Kier molecular flexibility index (Phi) is 18.1. The van der Waals surface area contributed by atoms with Crippen LogP contribution in [0.5, 0.6) is 0 Å². The van der Waals surface area contributed by atoms with E-state index >= 15 is 0 Å². The predicted molar refractivity (Wildman–Crippen MR) is 150 cm³/mol. The number of allylic oxidation sites excluding steroid dienone is 2. The summed E-state index contributed by atoms with van der Waals surface area (Å²) in [5, 5.41) is 3.12. The van der Waals surface area contributed by atoms with E-state index in [4.69, 9.17) is 18.9 Å². The van der Waals surface area contributed by atoms with Gasteiger partial charge in [0.2, 0.25) is 11.8 Å². The van der Waals surface area contributed by atoms with Crippen LogP contribution in [0.25, 0.3) is 0 Å². The highest BCUT2D eigenvalue weighted by atomic mass is 16.5. The molecular weight excluding hydrogens is 536 g/mol. The van der Waals surface area contributed by atoms with Gasteiger partial charge in [0.05, 0.1) is 24.7 Å². The van der Waals surface area contributed by atoms with E-state index in [0.717, 1.165) is 45.1 Å². The van der Waals surface area contributed by atoms with Gasteiger partial charge in [0.1, 0.15) is 26.2 Å². The highest BCUT2D eigenvalue weighted by Gasteiger charge is 2.40. The zero-order valence-electron chi connectivity index (χ0n) is 24.3. The number of carbonyl (C=O) groups excluding carboxylic acids is 5. The Morgan fingerprint density at radius 3 is 1.88 bits per heavy atom. The Balaban J connectivity index is 2.25. The first kappa shape index (κ1) is 35.3. The number of esters is 2. The van der Waals surface area contributed by atoms with Crippen LogP contribution in [0.15, 0.2) is 29.7 Å². The third-order valence-electron chi connectivity index (χ3n) is 5.65. The Hall–Kier alpha value is -3.74. The molecule has 1 fully saturated rings. The van der Waals surface area contributed by atoms with Gasteiger partial charge in [-0.1, -0.05) is 32.4 Å². The molecule has 13 nitrogen and oxygen atoms in total. The number of hydrogen-bond acceptors (Lipinski definition) is 11. The lowest BCUT2D eigenvalue weighted by atomic mass is 10.2. The van der Waals surface area contributed by atoms with Crippen molar-refractivity contribution in [3.8, 4) is 0 Å². The van der Waals surface area contributed by atoms with E-state index in [2.05, 4.69) is 23.5 Å². The molecular formula is C28H44N4O9. The number of ether oxygens (including phenoxy) is 4. The maximum atomic E-state index is 12.7. The Morgan fingerprint density at radius 2 is 1.34 bits per heavy atom. The fourth-order valence-corrected chi connectivity index (χ4v) is 3.50. The number of nitrogens with zero attached hydrogens (tertiary/aromatic N) is 3. The third-order valence-corrected chi connectivity index (χ3v) is 5.65.